The van der Waals surface area contributed by atoms with Crippen LogP contribution in [0.3, 0.4) is 0 Å². The Balaban J connectivity index is 2.69. The first-order valence-corrected chi connectivity index (χ1v) is 5.07. The van der Waals surface area contributed by atoms with E-state index in [0.29, 0.717) is 11.8 Å². The molecule has 0 N–H and O–H groups in total. The number of hydrogen-bond donors (Lipinski definition) is 0. The summed E-state index contributed by atoms with van der Waals surface area (Å²) in [6, 6.07) is 0. The lowest BCUT2D eigenvalue weighted by Crippen LogP contribution is -2.00. The molecule has 13 heavy (non-hydrogen) atoms. The topological polar surface area (TPSA) is 26.0 Å². The number of rotatable bonds is 4. The maximum Gasteiger partial charge on any atom is 0.181 e. The first-order valence-electron chi connectivity index (χ1n) is 5.07. The number of nitrogens with zero attached hydrogens (tertiary/aromatic N) is 1. The van der Waals surface area contributed by atoms with E-state index < -0.39 is 0 Å². The van der Waals surface area contributed by atoms with Gasteiger partial charge in [0.1, 0.15) is 5.76 Å². The molecule has 0 fully saturated rings. The predicted molar refractivity (Wildman–Crippen MR) is 53.8 cm³/mol. The van der Waals surface area contributed by atoms with E-state index in [1.807, 2.05) is 0 Å². The number of oxazole rings is 1. The summed E-state index contributed by atoms with van der Waals surface area (Å²) in [6.45, 7) is 8.79. The maximum absolute atomic E-state index is 5.41. The van der Waals surface area contributed by atoms with Crippen molar-refractivity contribution < 1.29 is 4.42 Å². The van der Waals surface area contributed by atoms with Crippen LogP contribution in [0.4, 0.5) is 0 Å². The minimum atomic E-state index is 0.498. The van der Waals surface area contributed by atoms with E-state index in [0.717, 1.165) is 17.9 Å². The minimum Gasteiger partial charge on any atom is -0.448 e. The van der Waals surface area contributed by atoms with Crippen LogP contribution in [0.5, 0.6) is 0 Å². The van der Waals surface area contributed by atoms with Crippen LogP contribution in [0.15, 0.2) is 10.8 Å². The molecule has 1 aromatic rings. The minimum absolute atomic E-state index is 0.498. The highest BCUT2D eigenvalue weighted by Gasteiger charge is 2.15. The Morgan fingerprint density at radius 3 is 2.62 bits per heavy atom. The number of hydrogen-bond acceptors (Lipinski definition) is 2. The summed E-state index contributed by atoms with van der Waals surface area (Å²) in [7, 11) is 0. The summed E-state index contributed by atoms with van der Waals surface area (Å²) in [4.78, 5) is 4.20. The van der Waals surface area contributed by atoms with E-state index >= 15 is 0 Å². The molecule has 1 unspecified atom stereocenters. The van der Waals surface area contributed by atoms with Crippen molar-refractivity contribution in [3.63, 3.8) is 0 Å². The first-order chi connectivity index (χ1) is 6.15. The van der Waals surface area contributed by atoms with Crippen molar-refractivity contribution in [1.82, 2.24) is 4.98 Å². The standard InChI is InChI=1S/C11H19NO/c1-5-10-11(13-7-12-10)9(4)6-8(2)3/h7-9H,5-6H2,1-4H3. The molecule has 0 aliphatic heterocycles. The molecule has 0 radical (unpaired) electrons. The summed E-state index contributed by atoms with van der Waals surface area (Å²) in [5, 5.41) is 0. The van der Waals surface area contributed by atoms with Crippen molar-refractivity contribution in [3.05, 3.63) is 17.8 Å². The van der Waals surface area contributed by atoms with Gasteiger partial charge in [0.25, 0.3) is 0 Å². The molecule has 2 nitrogen and oxygen atoms in total. The highest BCUT2D eigenvalue weighted by atomic mass is 16.3. The van der Waals surface area contributed by atoms with Crippen LogP contribution < -0.4 is 0 Å². The molecule has 0 aliphatic carbocycles. The van der Waals surface area contributed by atoms with Crippen LogP contribution >= 0.6 is 0 Å². The highest BCUT2D eigenvalue weighted by Crippen LogP contribution is 2.25. The van der Waals surface area contributed by atoms with Crippen molar-refractivity contribution in [2.24, 2.45) is 5.92 Å². The third-order valence-electron chi connectivity index (χ3n) is 2.28. The fourth-order valence-corrected chi connectivity index (χ4v) is 1.76. The summed E-state index contributed by atoms with van der Waals surface area (Å²) >= 11 is 0. The van der Waals surface area contributed by atoms with Crippen LogP contribution in [0, 0.1) is 5.92 Å². The summed E-state index contributed by atoms with van der Waals surface area (Å²) < 4.78 is 5.41. The SMILES string of the molecule is CCc1ncoc1C(C)CC(C)C. The van der Waals surface area contributed by atoms with Crippen molar-refractivity contribution in [3.8, 4) is 0 Å². The molecule has 1 aromatic heterocycles. The molecule has 1 heterocycles. The van der Waals surface area contributed by atoms with Crippen LogP contribution in [0.25, 0.3) is 0 Å². The van der Waals surface area contributed by atoms with Gasteiger partial charge >= 0.3 is 0 Å². The lowest BCUT2D eigenvalue weighted by Gasteiger charge is -2.11. The quantitative estimate of drug-likeness (QED) is 0.711. The summed E-state index contributed by atoms with van der Waals surface area (Å²) in [5.41, 5.74) is 1.12. The van der Waals surface area contributed by atoms with Gasteiger partial charge in [-0.3, -0.25) is 0 Å². The Morgan fingerprint density at radius 1 is 1.38 bits per heavy atom. The van der Waals surface area contributed by atoms with Gasteiger partial charge in [-0.05, 0) is 18.8 Å². The molecule has 0 saturated carbocycles. The average Bonchev–Trinajstić information content (AvgIpc) is 2.49. The molecule has 0 saturated heterocycles. The van der Waals surface area contributed by atoms with Crippen LogP contribution in [-0.4, -0.2) is 4.98 Å². The second kappa shape index (κ2) is 4.45. The third-order valence-corrected chi connectivity index (χ3v) is 2.28. The fraction of sp³-hybridized carbons (Fsp3) is 0.727. The monoisotopic (exact) mass is 181 g/mol. The van der Waals surface area contributed by atoms with Crippen LogP contribution in [0.1, 0.15) is 51.5 Å². The van der Waals surface area contributed by atoms with Crippen LogP contribution in [-0.2, 0) is 6.42 Å². The third kappa shape index (κ3) is 2.58. The van der Waals surface area contributed by atoms with E-state index in [4.69, 9.17) is 4.42 Å². The predicted octanol–water partition coefficient (Wildman–Crippen LogP) is 3.39. The van der Waals surface area contributed by atoms with Gasteiger partial charge in [-0.25, -0.2) is 4.98 Å². The molecule has 1 atom stereocenters. The second-order valence-corrected chi connectivity index (χ2v) is 4.05. The summed E-state index contributed by atoms with van der Waals surface area (Å²) in [5.74, 6) is 2.29. The molecular formula is C11H19NO. The van der Waals surface area contributed by atoms with Gasteiger partial charge in [-0.15, -0.1) is 0 Å². The molecule has 1 rings (SSSR count). The maximum atomic E-state index is 5.41. The van der Waals surface area contributed by atoms with E-state index in [-0.39, 0.29) is 0 Å². The Kier molecular flexibility index (Phi) is 3.52. The van der Waals surface area contributed by atoms with Crippen molar-refractivity contribution in [2.45, 2.75) is 46.5 Å². The highest BCUT2D eigenvalue weighted by molar-refractivity contribution is 5.11. The van der Waals surface area contributed by atoms with Crippen molar-refractivity contribution in [1.29, 1.82) is 0 Å². The zero-order valence-electron chi connectivity index (χ0n) is 9.00. The molecule has 2 heteroatoms. The lowest BCUT2D eigenvalue weighted by atomic mass is 9.95. The van der Waals surface area contributed by atoms with Gasteiger partial charge in [0, 0.05) is 5.92 Å². The smallest absolute Gasteiger partial charge is 0.181 e. The normalized spacial score (nSPS) is 13.6. The first kappa shape index (κ1) is 10.3. The molecular weight excluding hydrogens is 162 g/mol. The molecule has 0 bridgehead atoms. The molecule has 74 valence electrons. The molecule has 0 aromatic carbocycles. The average molecular weight is 181 g/mol. The number of aromatic nitrogens is 1. The second-order valence-electron chi connectivity index (χ2n) is 4.05. The Labute approximate surface area is 80.4 Å². The zero-order chi connectivity index (χ0) is 9.84. The Morgan fingerprint density at radius 2 is 2.08 bits per heavy atom. The largest absolute Gasteiger partial charge is 0.448 e. The molecule has 0 aliphatic rings. The Bertz CT molecular complexity index is 252. The molecule has 0 spiro atoms. The Hall–Kier alpha value is -0.790. The van der Waals surface area contributed by atoms with Crippen molar-refractivity contribution >= 4 is 0 Å². The van der Waals surface area contributed by atoms with Gasteiger partial charge in [0.05, 0.1) is 5.69 Å². The fourth-order valence-electron chi connectivity index (χ4n) is 1.76. The number of aryl methyl sites for hydroxylation is 1. The van der Waals surface area contributed by atoms with E-state index in [2.05, 4.69) is 32.7 Å². The van der Waals surface area contributed by atoms with Crippen molar-refractivity contribution in [2.75, 3.05) is 0 Å². The van der Waals surface area contributed by atoms with E-state index in [1.54, 1.807) is 6.39 Å². The molecule has 0 amide bonds. The zero-order valence-corrected chi connectivity index (χ0v) is 9.00. The van der Waals surface area contributed by atoms with Gasteiger partial charge in [0.15, 0.2) is 6.39 Å². The van der Waals surface area contributed by atoms with Gasteiger partial charge in [-0.1, -0.05) is 27.7 Å². The lowest BCUT2D eigenvalue weighted by molar-refractivity contribution is 0.421. The summed E-state index contributed by atoms with van der Waals surface area (Å²) in [6.07, 6.45) is 3.70. The van der Waals surface area contributed by atoms with E-state index in [1.165, 1.54) is 6.42 Å². The van der Waals surface area contributed by atoms with E-state index in [9.17, 15) is 0 Å². The van der Waals surface area contributed by atoms with Gasteiger partial charge in [0.2, 0.25) is 0 Å². The van der Waals surface area contributed by atoms with Gasteiger partial charge < -0.3 is 4.42 Å². The van der Waals surface area contributed by atoms with Gasteiger partial charge in [-0.2, -0.15) is 0 Å². The van der Waals surface area contributed by atoms with Crippen LogP contribution in [0.2, 0.25) is 0 Å².